The van der Waals surface area contributed by atoms with Crippen molar-refractivity contribution in [2.45, 2.75) is 5.16 Å². The average molecular weight is 444 g/mol. The predicted molar refractivity (Wildman–Crippen MR) is 117 cm³/mol. The molecule has 8 nitrogen and oxygen atoms in total. The number of thiazole rings is 1. The standard InChI is InChI=1S/C20H21N5O3S2/c1-24(2)10-12-28-15-6-4-14(5-7-15)17-18(25-11-13-29-20(25)23-17)16-8-9-21-19(22-16)30(3,26)27/h4-9,11,13H,10,12H2,1-3H3. The van der Waals surface area contributed by atoms with Crippen LogP contribution in [0.15, 0.2) is 53.3 Å². The molecule has 0 saturated carbocycles. The second kappa shape index (κ2) is 8.13. The first-order valence-electron chi connectivity index (χ1n) is 9.20. The summed E-state index contributed by atoms with van der Waals surface area (Å²) >= 11 is 1.50. The van der Waals surface area contributed by atoms with Crippen molar-refractivity contribution in [1.82, 2.24) is 24.3 Å². The van der Waals surface area contributed by atoms with Crippen LogP contribution in [-0.4, -0.2) is 66.2 Å². The first-order chi connectivity index (χ1) is 14.3. The first-order valence-corrected chi connectivity index (χ1v) is 12.0. The van der Waals surface area contributed by atoms with E-state index in [1.807, 2.05) is 54.3 Å². The Labute approximate surface area is 178 Å². The van der Waals surface area contributed by atoms with E-state index < -0.39 is 9.84 Å². The molecule has 0 atom stereocenters. The molecular weight excluding hydrogens is 422 g/mol. The van der Waals surface area contributed by atoms with Gasteiger partial charge in [-0.25, -0.2) is 23.4 Å². The average Bonchev–Trinajstić information content (AvgIpc) is 3.29. The molecule has 1 aromatic carbocycles. The highest BCUT2D eigenvalue weighted by Gasteiger charge is 2.20. The van der Waals surface area contributed by atoms with Crippen LogP contribution in [0.1, 0.15) is 0 Å². The minimum atomic E-state index is -3.52. The fourth-order valence-corrected chi connectivity index (χ4v) is 4.17. The summed E-state index contributed by atoms with van der Waals surface area (Å²) in [6, 6.07) is 9.39. The Balaban J connectivity index is 1.74. The summed E-state index contributed by atoms with van der Waals surface area (Å²) in [6.45, 7) is 1.44. The Kier molecular flexibility index (Phi) is 5.54. The van der Waals surface area contributed by atoms with Gasteiger partial charge < -0.3 is 9.64 Å². The molecule has 0 saturated heterocycles. The Hall–Kier alpha value is -2.82. The maximum Gasteiger partial charge on any atom is 0.247 e. The normalized spacial score (nSPS) is 12.0. The monoisotopic (exact) mass is 443 g/mol. The molecule has 0 aliphatic rings. The number of imidazole rings is 1. The van der Waals surface area contributed by atoms with E-state index in [9.17, 15) is 8.42 Å². The summed E-state index contributed by atoms with van der Waals surface area (Å²) in [5.41, 5.74) is 2.83. The molecule has 0 fully saturated rings. The van der Waals surface area contributed by atoms with E-state index in [2.05, 4.69) is 14.9 Å². The van der Waals surface area contributed by atoms with E-state index in [-0.39, 0.29) is 5.16 Å². The zero-order valence-electron chi connectivity index (χ0n) is 16.8. The molecule has 156 valence electrons. The van der Waals surface area contributed by atoms with Crippen molar-refractivity contribution in [2.75, 3.05) is 33.5 Å². The molecular formula is C20H21N5O3S2. The summed E-state index contributed by atoms with van der Waals surface area (Å²) in [7, 11) is 0.478. The molecule has 0 unspecified atom stereocenters. The number of sulfone groups is 1. The molecule has 0 radical (unpaired) electrons. The van der Waals surface area contributed by atoms with Gasteiger partial charge in [0.15, 0.2) is 4.96 Å². The van der Waals surface area contributed by atoms with Crippen molar-refractivity contribution in [3.63, 3.8) is 0 Å². The van der Waals surface area contributed by atoms with Crippen LogP contribution in [0.5, 0.6) is 5.75 Å². The van der Waals surface area contributed by atoms with Crippen molar-refractivity contribution in [1.29, 1.82) is 0 Å². The quantitative estimate of drug-likeness (QED) is 0.406. The summed E-state index contributed by atoms with van der Waals surface area (Å²) < 4.78 is 31.5. The van der Waals surface area contributed by atoms with Crippen molar-refractivity contribution in [2.24, 2.45) is 0 Å². The lowest BCUT2D eigenvalue weighted by molar-refractivity contribution is 0.261. The van der Waals surface area contributed by atoms with Crippen LogP contribution < -0.4 is 4.74 Å². The molecule has 4 rings (SSSR count). The number of ether oxygens (including phenoxy) is 1. The van der Waals surface area contributed by atoms with Gasteiger partial charge >= 0.3 is 0 Å². The van der Waals surface area contributed by atoms with E-state index in [0.29, 0.717) is 12.3 Å². The third-order valence-electron chi connectivity index (χ3n) is 4.40. The van der Waals surface area contributed by atoms with E-state index in [1.165, 1.54) is 17.5 Å². The van der Waals surface area contributed by atoms with E-state index in [0.717, 1.165) is 40.5 Å². The Bertz CT molecular complexity index is 1280. The Morgan fingerprint density at radius 2 is 1.90 bits per heavy atom. The number of fused-ring (bicyclic) bond motifs is 1. The maximum atomic E-state index is 11.9. The largest absolute Gasteiger partial charge is 0.492 e. The van der Waals surface area contributed by atoms with Crippen molar-refractivity contribution < 1.29 is 13.2 Å². The van der Waals surface area contributed by atoms with Gasteiger partial charge in [0.05, 0.1) is 11.4 Å². The number of nitrogens with zero attached hydrogens (tertiary/aromatic N) is 5. The Morgan fingerprint density at radius 1 is 1.13 bits per heavy atom. The van der Waals surface area contributed by atoms with Crippen LogP contribution in [0.4, 0.5) is 0 Å². The van der Waals surface area contributed by atoms with Gasteiger partial charge in [-0.05, 0) is 44.4 Å². The molecule has 0 spiro atoms. The van der Waals surface area contributed by atoms with Crippen LogP contribution in [0.25, 0.3) is 27.6 Å². The molecule has 0 aliphatic carbocycles. The fourth-order valence-electron chi connectivity index (χ4n) is 2.94. The highest BCUT2D eigenvalue weighted by Crippen LogP contribution is 2.34. The number of aromatic nitrogens is 4. The van der Waals surface area contributed by atoms with E-state index >= 15 is 0 Å². The number of hydrogen-bond donors (Lipinski definition) is 0. The topological polar surface area (TPSA) is 89.7 Å². The van der Waals surface area contributed by atoms with Crippen LogP contribution in [0.2, 0.25) is 0 Å². The van der Waals surface area contributed by atoms with Gasteiger partial charge in [-0.15, -0.1) is 11.3 Å². The van der Waals surface area contributed by atoms with Crippen LogP contribution in [0.3, 0.4) is 0 Å². The van der Waals surface area contributed by atoms with Gasteiger partial charge in [0.25, 0.3) is 0 Å². The zero-order valence-corrected chi connectivity index (χ0v) is 18.4. The summed E-state index contributed by atoms with van der Waals surface area (Å²) in [6.07, 6.45) is 4.45. The summed E-state index contributed by atoms with van der Waals surface area (Å²) in [5, 5.41) is 1.72. The maximum absolute atomic E-state index is 11.9. The first kappa shape index (κ1) is 20.5. The number of likely N-dealkylation sites (N-methyl/N-ethyl adjacent to an activating group) is 1. The van der Waals surface area contributed by atoms with Crippen molar-refractivity contribution in [3.8, 4) is 28.4 Å². The predicted octanol–water partition coefficient (Wildman–Crippen LogP) is 2.86. The highest BCUT2D eigenvalue weighted by atomic mass is 32.2. The van der Waals surface area contributed by atoms with Gasteiger partial charge in [-0.2, -0.15) is 0 Å². The third-order valence-corrected chi connectivity index (χ3v) is 6.02. The SMILES string of the molecule is CN(C)CCOc1ccc(-c2nc3sccn3c2-c2ccnc(S(C)(=O)=O)n2)cc1. The molecule has 0 amide bonds. The Morgan fingerprint density at radius 3 is 2.60 bits per heavy atom. The zero-order chi connectivity index (χ0) is 21.3. The molecule has 3 aromatic heterocycles. The molecule has 30 heavy (non-hydrogen) atoms. The summed E-state index contributed by atoms with van der Waals surface area (Å²) in [4.78, 5) is 15.8. The molecule has 0 bridgehead atoms. The third kappa shape index (κ3) is 4.20. The van der Waals surface area contributed by atoms with Crippen LogP contribution >= 0.6 is 11.3 Å². The van der Waals surface area contributed by atoms with E-state index in [4.69, 9.17) is 9.72 Å². The molecule has 0 aliphatic heterocycles. The van der Waals surface area contributed by atoms with Gasteiger partial charge in [0, 0.05) is 36.1 Å². The van der Waals surface area contributed by atoms with Gasteiger partial charge in [-0.3, -0.25) is 4.40 Å². The minimum absolute atomic E-state index is 0.208. The lowest BCUT2D eigenvalue weighted by atomic mass is 10.1. The number of benzene rings is 1. The van der Waals surface area contributed by atoms with Crippen LogP contribution in [0, 0.1) is 0 Å². The molecule has 3 heterocycles. The minimum Gasteiger partial charge on any atom is -0.492 e. The number of hydrogen-bond acceptors (Lipinski definition) is 8. The number of rotatable bonds is 7. The molecule has 0 N–H and O–H groups in total. The molecule has 4 aromatic rings. The fraction of sp³-hybridized carbons (Fsp3) is 0.250. The smallest absolute Gasteiger partial charge is 0.247 e. The highest BCUT2D eigenvalue weighted by molar-refractivity contribution is 7.90. The van der Waals surface area contributed by atoms with Crippen LogP contribution in [-0.2, 0) is 9.84 Å². The van der Waals surface area contributed by atoms with Crippen molar-refractivity contribution in [3.05, 3.63) is 48.1 Å². The summed E-state index contributed by atoms with van der Waals surface area (Å²) in [5.74, 6) is 0.782. The molecule has 10 heteroatoms. The van der Waals surface area contributed by atoms with Crippen molar-refractivity contribution >= 4 is 26.1 Å². The van der Waals surface area contributed by atoms with Gasteiger partial charge in [-0.1, -0.05) is 0 Å². The second-order valence-corrected chi connectivity index (χ2v) is 9.82. The second-order valence-electron chi connectivity index (χ2n) is 7.04. The van der Waals surface area contributed by atoms with Gasteiger partial charge in [0.1, 0.15) is 18.1 Å². The van der Waals surface area contributed by atoms with E-state index in [1.54, 1.807) is 6.07 Å². The lowest BCUT2D eigenvalue weighted by Gasteiger charge is -2.11. The van der Waals surface area contributed by atoms with Gasteiger partial charge in [0.2, 0.25) is 15.0 Å². The lowest BCUT2D eigenvalue weighted by Crippen LogP contribution is -2.19.